The Bertz CT molecular complexity index is 256. The number of hydrogen-bond donors (Lipinski definition) is 0. The van der Waals surface area contributed by atoms with E-state index in [9.17, 15) is 14.4 Å². The highest BCUT2D eigenvalue weighted by atomic mass is 16.7. The molecule has 0 bridgehead atoms. The lowest BCUT2D eigenvalue weighted by atomic mass is 9.99. The van der Waals surface area contributed by atoms with E-state index in [0.717, 1.165) is 25.7 Å². The summed E-state index contributed by atoms with van der Waals surface area (Å²) in [6, 6.07) is 0. The number of carbonyl (C=O) groups excluding carboxylic acids is 3. The van der Waals surface area contributed by atoms with E-state index < -0.39 is 5.97 Å². The van der Waals surface area contributed by atoms with E-state index in [1.807, 2.05) is 13.8 Å². The van der Waals surface area contributed by atoms with Gasteiger partial charge >= 0.3 is 11.9 Å². The highest BCUT2D eigenvalue weighted by molar-refractivity contribution is 5.73. The van der Waals surface area contributed by atoms with Gasteiger partial charge in [0.15, 0.2) is 0 Å². The van der Waals surface area contributed by atoms with E-state index in [4.69, 9.17) is 4.74 Å². The van der Waals surface area contributed by atoms with Gasteiger partial charge in [-0.2, -0.15) is 0 Å². The molecular formula is C13H22O5. The Labute approximate surface area is 108 Å². The number of ether oxygens (including phenoxy) is 2. The van der Waals surface area contributed by atoms with Crippen molar-refractivity contribution < 1.29 is 23.9 Å². The van der Waals surface area contributed by atoms with Gasteiger partial charge < -0.3 is 14.3 Å². The van der Waals surface area contributed by atoms with Crippen LogP contribution in [0.3, 0.4) is 0 Å². The normalized spacial score (nSPS) is 10.2. The monoisotopic (exact) mass is 258 g/mol. The van der Waals surface area contributed by atoms with Crippen molar-refractivity contribution in [3.05, 3.63) is 0 Å². The minimum Gasteiger partial charge on any atom is -0.428 e. The van der Waals surface area contributed by atoms with Gasteiger partial charge in [-0.15, -0.1) is 0 Å². The molecule has 0 aliphatic rings. The van der Waals surface area contributed by atoms with E-state index in [2.05, 4.69) is 4.74 Å². The van der Waals surface area contributed by atoms with E-state index in [0.29, 0.717) is 6.29 Å². The van der Waals surface area contributed by atoms with Crippen LogP contribution in [-0.2, 0) is 23.9 Å². The standard InChI is InChI=1S/C13H22O5/c1-3-6-11(7-4-2)13(16)18-10-17-12(15)8-5-9-14/h9,11H,3-8,10H2,1-2H3. The lowest BCUT2D eigenvalue weighted by Crippen LogP contribution is -2.20. The predicted molar refractivity (Wildman–Crippen MR) is 65.7 cm³/mol. The Hall–Kier alpha value is -1.39. The number of aldehydes is 1. The molecule has 0 rings (SSSR count). The fraction of sp³-hybridized carbons (Fsp3) is 0.769. The summed E-state index contributed by atoms with van der Waals surface area (Å²) in [5.41, 5.74) is 0. The van der Waals surface area contributed by atoms with Gasteiger partial charge in [-0.1, -0.05) is 26.7 Å². The molecule has 0 fully saturated rings. The van der Waals surface area contributed by atoms with Crippen molar-refractivity contribution in [1.29, 1.82) is 0 Å². The first-order valence-electron chi connectivity index (χ1n) is 6.41. The van der Waals surface area contributed by atoms with Gasteiger partial charge in [0.1, 0.15) is 6.29 Å². The van der Waals surface area contributed by atoms with Crippen LogP contribution < -0.4 is 0 Å². The quantitative estimate of drug-likeness (QED) is 0.341. The Morgan fingerprint density at radius 3 is 2.22 bits per heavy atom. The van der Waals surface area contributed by atoms with Crippen LogP contribution in [0, 0.1) is 5.92 Å². The molecule has 0 radical (unpaired) electrons. The molecule has 0 saturated heterocycles. The lowest BCUT2D eigenvalue weighted by Gasteiger charge is -2.14. The van der Waals surface area contributed by atoms with Crippen molar-refractivity contribution in [3.8, 4) is 0 Å². The van der Waals surface area contributed by atoms with Crippen molar-refractivity contribution in [3.63, 3.8) is 0 Å². The van der Waals surface area contributed by atoms with Crippen LogP contribution in [0.2, 0.25) is 0 Å². The van der Waals surface area contributed by atoms with Gasteiger partial charge in [-0.3, -0.25) is 9.59 Å². The maximum atomic E-state index is 11.6. The lowest BCUT2D eigenvalue weighted by molar-refractivity contribution is -0.170. The Morgan fingerprint density at radius 2 is 1.72 bits per heavy atom. The van der Waals surface area contributed by atoms with Crippen molar-refractivity contribution in [2.75, 3.05) is 6.79 Å². The zero-order valence-corrected chi connectivity index (χ0v) is 11.1. The summed E-state index contributed by atoms with van der Waals surface area (Å²) in [7, 11) is 0. The van der Waals surface area contributed by atoms with Gasteiger partial charge in [0.25, 0.3) is 0 Å². The second-order valence-corrected chi connectivity index (χ2v) is 4.08. The van der Waals surface area contributed by atoms with Crippen LogP contribution in [-0.4, -0.2) is 25.0 Å². The average molecular weight is 258 g/mol. The van der Waals surface area contributed by atoms with E-state index in [1.54, 1.807) is 0 Å². The molecule has 0 unspecified atom stereocenters. The molecule has 104 valence electrons. The Balaban J connectivity index is 3.85. The van der Waals surface area contributed by atoms with E-state index in [1.165, 1.54) is 0 Å². The summed E-state index contributed by atoms with van der Waals surface area (Å²) in [4.78, 5) is 32.7. The van der Waals surface area contributed by atoms with Crippen molar-refractivity contribution >= 4 is 18.2 Å². The summed E-state index contributed by atoms with van der Waals surface area (Å²) in [6.07, 6.45) is 4.19. The van der Waals surface area contributed by atoms with Gasteiger partial charge in [0.05, 0.1) is 12.3 Å². The number of hydrogen-bond acceptors (Lipinski definition) is 5. The minimum atomic E-state index is -0.530. The molecule has 0 spiro atoms. The highest BCUT2D eigenvalue weighted by Crippen LogP contribution is 2.15. The summed E-state index contributed by atoms with van der Waals surface area (Å²) in [5.74, 6) is -0.965. The van der Waals surface area contributed by atoms with Gasteiger partial charge in [-0.05, 0) is 12.8 Å². The van der Waals surface area contributed by atoms with Crippen LogP contribution in [0.15, 0.2) is 0 Å². The first-order chi connectivity index (χ1) is 8.65. The molecule has 5 nitrogen and oxygen atoms in total. The summed E-state index contributed by atoms with van der Waals surface area (Å²) in [5, 5.41) is 0. The van der Waals surface area contributed by atoms with E-state index in [-0.39, 0.29) is 31.5 Å². The summed E-state index contributed by atoms with van der Waals surface area (Å²) < 4.78 is 9.57. The largest absolute Gasteiger partial charge is 0.428 e. The smallest absolute Gasteiger partial charge is 0.311 e. The molecule has 0 aliphatic heterocycles. The van der Waals surface area contributed by atoms with Crippen LogP contribution in [0.1, 0.15) is 52.4 Å². The fourth-order valence-corrected chi connectivity index (χ4v) is 1.60. The van der Waals surface area contributed by atoms with Crippen molar-refractivity contribution in [2.45, 2.75) is 52.4 Å². The molecule has 0 aliphatic carbocycles. The molecule has 18 heavy (non-hydrogen) atoms. The van der Waals surface area contributed by atoms with Crippen LogP contribution in [0.25, 0.3) is 0 Å². The van der Waals surface area contributed by atoms with Crippen molar-refractivity contribution in [2.24, 2.45) is 5.92 Å². The first kappa shape index (κ1) is 16.6. The zero-order valence-electron chi connectivity index (χ0n) is 11.1. The SMILES string of the molecule is CCCC(CCC)C(=O)OCOC(=O)CCC=O. The highest BCUT2D eigenvalue weighted by Gasteiger charge is 2.18. The molecular weight excluding hydrogens is 236 g/mol. The van der Waals surface area contributed by atoms with Crippen molar-refractivity contribution in [1.82, 2.24) is 0 Å². The minimum absolute atomic E-state index is 0.0222. The second kappa shape index (κ2) is 10.7. The number of rotatable bonds is 10. The van der Waals surface area contributed by atoms with E-state index >= 15 is 0 Å². The topological polar surface area (TPSA) is 69.7 Å². The van der Waals surface area contributed by atoms with Crippen LogP contribution in [0.5, 0.6) is 0 Å². The number of esters is 2. The third-order valence-corrected chi connectivity index (χ3v) is 2.50. The average Bonchev–Trinajstić information content (AvgIpc) is 2.36. The third-order valence-electron chi connectivity index (χ3n) is 2.50. The molecule has 0 N–H and O–H groups in total. The van der Waals surface area contributed by atoms with Gasteiger partial charge in [0, 0.05) is 6.42 Å². The van der Waals surface area contributed by atoms with Crippen LogP contribution in [0.4, 0.5) is 0 Å². The van der Waals surface area contributed by atoms with Gasteiger partial charge in [0.2, 0.25) is 6.79 Å². The molecule has 0 atom stereocenters. The third kappa shape index (κ3) is 7.81. The summed E-state index contributed by atoms with van der Waals surface area (Å²) in [6.45, 7) is 3.66. The Kier molecular flexibility index (Phi) is 9.91. The second-order valence-electron chi connectivity index (χ2n) is 4.08. The predicted octanol–water partition coefficient (Wildman–Crippen LogP) is 2.23. The Morgan fingerprint density at radius 1 is 1.11 bits per heavy atom. The molecule has 0 saturated carbocycles. The van der Waals surface area contributed by atoms with Crippen LogP contribution >= 0.6 is 0 Å². The maximum Gasteiger partial charge on any atom is 0.311 e. The maximum absolute atomic E-state index is 11.6. The molecule has 5 heteroatoms. The molecule has 0 heterocycles. The molecule has 0 aromatic heterocycles. The number of carbonyl (C=O) groups is 3. The summed E-state index contributed by atoms with van der Waals surface area (Å²) >= 11 is 0. The molecule has 0 aromatic carbocycles. The fourth-order valence-electron chi connectivity index (χ4n) is 1.60. The zero-order chi connectivity index (χ0) is 13.8. The van der Waals surface area contributed by atoms with Gasteiger partial charge in [-0.25, -0.2) is 0 Å². The molecule has 0 aromatic rings. The molecule has 0 amide bonds. The first-order valence-corrected chi connectivity index (χ1v) is 6.41.